The molecule has 2 aromatic rings. The van der Waals surface area contributed by atoms with E-state index < -0.39 is 11.8 Å². The largest absolute Gasteiger partial charge is 0.497 e. The number of benzene rings is 2. The topological polar surface area (TPSA) is 58.6 Å². The fraction of sp³-hybridized carbons (Fsp3) is 0.0588. The second-order valence-corrected chi connectivity index (χ2v) is 5.33. The number of hydrogen-bond donors (Lipinski definition) is 1. The first-order valence-corrected chi connectivity index (χ1v) is 7.23. The Balaban J connectivity index is 1.88. The molecule has 5 nitrogen and oxygen atoms in total. The SMILES string of the molecule is COc1ccc(/C=C2/C(=O)NN(c3ccc(Cl)cc3)C2=O)cc1. The van der Waals surface area contributed by atoms with Crippen molar-refractivity contribution in [2.45, 2.75) is 0 Å². The number of rotatable bonds is 3. The van der Waals surface area contributed by atoms with Gasteiger partial charge in [-0.25, -0.2) is 5.01 Å². The maximum absolute atomic E-state index is 12.4. The van der Waals surface area contributed by atoms with Crippen LogP contribution in [-0.4, -0.2) is 18.9 Å². The fourth-order valence-corrected chi connectivity index (χ4v) is 2.32. The van der Waals surface area contributed by atoms with Gasteiger partial charge in [-0.3, -0.25) is 15.0 Å². The molecule has 116 valence electrons. The molecule has 0 aliphatic carbocycles. The van der Waals surface area contributed by atoms with Crippen LogP contribution in [-0.2, 0) is 9.59 Å². The summed E-state index contributed by atoms with van der Waals surface area (Å²) in [5, 5.41) is 1.76. The zero-order valence-corrected chi connectivity index (χ0v) is 13.0. The number of anilines is 1. The summed E-state index contributed by atoms with van der Waals surface area (Å²) in [6.07, 6.45) is 1.55. The van der Waals surface area contributed by atoms with Gasteiger partial charge in [0, 0.05) is 5.02 Å². The number of carbonyl (C=O) groups excluding carboxylic acids is 2. The van der Waals surface area contributed by atoms with E-state index in [-0.39, 0.29) is 5.57 Å². The van der Waals surface area contributed by atoms with Crippen LogP contribution in [0.1, 0.15) is 5.56 Å². The van der Waals surface area contributed by atoms with Crippen molar-refractivity contribution in [2.75, 3.05) is 12.1 Å². The highest BCUT2D eigenvalue weighted by atomic mass is 35.5. The Labute approximate surface area is 138 Å². The van der Waals surface area contributed by atoms with Crippen LogP contribution in [0, 0.1) is 0 Å². The van der Waals surface area contributed by atoms with E-state index in [1.807, 2.05) is 0 Å². The smallest absolute Gasteiger partial charge is 0.282 e. The lowest BCUT2D eigenvalue weighted by Gasteiger charge is -2.14. The van der Waals surface area contributed by atoms with E-state index in [1.165, 1.54) is 5.01 Å². The Morgan fingerprint density at radius 1 is 1.04 bits per heavy atom. The van der Waals surface area contributed by atoms with Crippen molar-refractivity contribution in [3.63, 3.8) is 0 Å². The van der Waals surface area contributed by atoms with Gasteiger partial charge >= 0.3 is 0 Å². The van der Waals surface area contributed by atoms with Crippen molar-refractivity contribution >= 4 is 35.2 Å². The van der Waals surface area contributed by atoms with Crippen molar-refractivity contribution in [1.29, 1.82) is 0 Å². The Morgan fingerprint density at radius 3 is 2.30 bits per heavy atom. The summed E-state index contributed by atoms with van der Waals surface area (Å²) in [6.45, 7) is 0. The lowest BCUT2D eigenvalue weighted by atomic mass is 10.1. The zero-order valence-electron chi connectivity index (χ0n) is 12.2. The van der Waals surface area contributed by atoms with Crippen molar-refractivity contribution in [1.82, 2.24) is 5.43 Å². The van der Waals surface area contributed by atoms with Crippen LogP contribution in [0.4, 0.5) is 5.69 Å². The summed E-state index contributed by atoms with van der Waals surface area (Å²) < 4.78 is 5.08. The number of methoxy groups -OCH3 is 1. The van der Waals surface area contributed by atoms with E-state index in [9.17, 15) is 9.59 Å². The minimum atomic E-state index is -0.444. The summed E-state index contributed by atoms with van der Waals surface area (Å²) >= 11 is 5.83. The first kappa shape index (κ1) is 15.1. The van der Waals surface area contributed by atoms with Gasteiger partial charge < -0.3 is 4.74 Å². The number of halogens is 1. The van der Waals surface area contributed by atoms with Crippen LogP contribution in [0.5, 0.6) is 5.75 Å². The van der Waals surface area contributed by atoms with E-state index in [2.05, 4.69) is 5.43 Å². The molecule has 1 N–H and O–H groups in total. The number of nitrogens with one attached hydrogen (secondary N) is 1. The normalized spacial score (nSPS) is 15.9. The molecule has 1 aliphatic rings. The fourth-order valence-electron chi connectivity index (χ4n) is 2.20. The molecule has 0 aromatic heterocycles. The van der Waals surface area contributed by atoms with Gasteiger partial charge in [0.2, 0.25) is 0 Å². The highest BCUT2D eigenvalue weighted by Gasteiger charge is 2.34. The summed E-state index contributed by atoms with van der Waals surface area (Å²) in [5.74, 6) is -0.147. The zero-order chi connectivity index (χ0) is 16.4. The van der Waals surface area contributed by atoms with Gasteiger partial charge in [0.15, 0.2) is 0 Å². The molecule has 6 heteroatoms. The predicted molar refractivity (Wildman–Crippen MR) is 88.1 cm³/mol. The van der Waals surface area contributed by atoms with Crippen molar-refractivity contribution in [3.05, 3.63) is 64.7 Å². The Morgan fingerprint density at radius 2 is 1.70 bits per heavy atom. The molecule has 1 aliphatic heterocycles. The molecule has 1 heterocycles. The quantitative estimate of drug-likeness (QED) is 0.696. The molecular formula is C17H13ClN2O3. The van der Waals surface area contributed by atoms with Gasteiger partial charge in [-0.05, 0) is 48.0 Å². The first-order valence-electron chi connectivity index (χ1n) is 6.85. The van der Waals surface area contributed by atoms with Crippen molar-refractivity contribution in [3.8, 4) is 5.75 Å². The van der Waals surface area contributed by atoms with E-state index in [0.29, 0.717) is 16.5 Å². The summed E-state index contributed by atoms with van der Waals surface area (Å²) in [5.41, 5.74) is 3.90. The third kappa shape index (κ3) is 3.05. The third-order valence-electron chi connectivity index (χ3n) is 3.40. The van der Waals surface area contributed by atoms with Crippen LogP contribution in [0.15, 0.2) is 54.1 Å². The van der Waals surface area contributed by atoms with Gasteiger partial charge in [-0.15, -0.1) is 0 Å². The van der Waals surface area contributed by atoms with Gasteiger partial charge in [0.25, 0.3) is 11.8 Å². The average Bonchev–Trinajstić information content (AvgIpc) is 2.84. The summed E-state index contributed by atoms with van der Waals surface area (Å²) in [6, 6.07) is 13.7. The maximum atomic E-state index is 12.4. The van der Waals surface area contributed by atoms with E-state index in [1.54, 1.807) is 61.7 Å². The van der Waals surface area contributed by atoms with Gasteiger partial charge in [0.05, 0.1) is 12.8 Å². The van der Waals surface area contributed by atoms with Crippen LogP contribution < -0.4 is 15.2 Å². The minimum absolute atomic E-state index is 0.0742. The van der Waals surface area contributed by atoms with Crippen LogP contribution in [0.25, 0.3) is 6.08 Å². The number of amides is 2. The molecule has 0 radical (unpaired) electrons. The van der Waals surface area contributed by atoms with Crippen LogP contribution in [0.3, 0.4) is 0 Å². The molecule has 1 fully saturated rings. The third-order valence-corrected chi connectivity index (χ3v) is 3.66. The van der Waals surface area contributed by atoms with E-state index in [0.717, 1.165) is 5.56 Å². The van der Waals surface area contributed by atoms with Crippen LogP contribution in [0.2, 0.25) is 5.02 Å². The van der Waals surface area contributed by atoms with E-state index >= 15 is 0 Å². The van der Waals surface area contributed by atoms with Gasteiger partial charge in [0.1, 0.15) is 11.3 Å². The van der Waals surface area contributed by atoms with Crippen molar-refractivity contribution in [2.24, 2.45) is 0 Å². The molecular weight excluding hydrogens is 316 g/mol. The van der Waals surface area contributed by atoms with E-state index in [4.69, 9.17) is 16.3 Å². The Kier molecular flexibility index (Phi) is 4.04. The van der Waals surface area contributed by atoms with Gasteiger partial charge in [-0.2, -0.15) is 0 Å². The Bertz CT molecular complexity index is 782. The number of hydrogen-bond acceptors (Lipinski definition) is 3. The molecule has 0 spiro atoms. The second-order valence-electron chi connectivity index (χ2n) is 4.89. The summed E-state index contributed by atoms with van der Waals surface area (Å²) in [7, 11) is 1.57. The van der Waals surface area contributed by atoms with Crippen LogP contribution >= 0.6 is 11.6 Å². The molecule has 23 heavy (non-hydrogen) atoms. The molecule has 2 aromatic carbocycles. The monoisotopic (exact) mass is 328 g/mol. The molecule has 1 saturated heterocycles. The Hall–Kier alpha value is -2.79. The highest BCUT2D eigenvalue weighted by Crippen LogP contribution is 2.23. The molecule has 0 bridgehead atoms. The molecule has 0 unspecified atom stereocenters. The second kappa shape index (κ2) is 6.14. The number of carbonyl (C=O) groups is 2. The molecule has 0 atom stereocenters. The van der Waals surface area contributed by atoms with Crippen molar-refractivity contribution < 1.29 is 14.3 Å². The highest BCUT2D eigenvalue weighted by molar-refractivity contribution is 6.32. The predicted octanol–water partition coefficient (Wildman–Crippen LogP) is 2.81. The molecule has 2 amide bonds. The average molecular weight is 329 g/mol. The number of ether oxygens (including phenoxy) is 1. The summed E-state index contributed by atoms with van der Waals surface area (Å²) in [4.78, 5) is 24.5. The molecule has 0 saturated carbocycles. The first-order chi connectivity index (χ1) is 11.1. The molecule has 3 rings (SSSR count). The lowest BCUT2D eigenvalue weighted by Crippen LogP contribution is -2.35. The van der Waals surface area contributed by atoms with Gasteiger partial charge in [-0.1, -0.05) is 23.7 Å². The maximum Gasteiger partial charge on any atom is 0.282 e. The standard InChI is InChI=1S/C17H13ClN2O3/c1-23-14-8-2-11(3-9-14)10-15-16(21)19-20(17(15)22)13-6-4-12(18)5-7-13/h2-10H,1H3,(H,19,21)/b15-10-. The lowest BCUT2D eigenvalue weighted by molar-refractivity contribution is -0.117. The number of hydrazine groups is 1. The number of nitrogens with zero attached hydrogens (tertiary/aromatic N) is 1. The minimum Gasteiger partial charge on any atom is -0.497 e.